The lowest BCUT2D eigenvalue weighted by Crippen LogP contribution is -2.26. The summed E-state index contributed by atoms with van der Waals surface area (Å²) in [6, 6.07) is 0. The van der Waals surface area contributed by atoms with Crippen LogP contribution in [0.4, 0.5) is 0 Å². The van der Waals surface area contributed by atoms with E-state index in [2.05, 4.69) is 0 Å². The molecule has 0 bridgehead atoms. The van der Waals surface area contributed by atoms with Crippen LogP contribution < -0.4 is 0 Å². The highest BCUT2D eigenvalue weighted by Crippen LogP contribution is 2.38. The molecule has 1 aliphatic carbocycles. The van der Waals surface area contributed by atoms with E-state index in [-0.39, 0.29) is 11.7 Å². The van der Waals surface area contributed by atoms with Crippen molar-refractivity contribution in [1.29, 1.82) is 0 Å². The summed E-state index contributed by atoms with van der Waals surface area (Å²) in [5.41, 5.74) is 0. The summed E-state index contributed by atoms with van der Waals surface area (Å²) in [6.45, 7) is 1.97. The van der Waals surface area contributed by atoms with E-state index < -0.39 is 11.1 Å². The zero-order valence-corrected chi connectivity index (χ0v) is 7.39. The summed E-state index contributed by atoms with van der Waals surface area (Å²) >= 11 is 5.47. The van der Waals surface area contributed by atoms with Crippen LogP contribution >= 0.6 is 11.6 Å². The molecule has 11 heavy (non-hydrogen) atoms. The highest BCUT2D eigenvalue weighted by atomic mass is 35.5. The Hall–Kier alpha value is -0.305. The van der Waals surface area contributed by atoms with Crippen molar-refractivity contribution in [3.63, 3.8) is 0 Å². The second kappa shape index (κ2) is 2.98. The lowest BCUT2D eigenvalue weighted by molar-refractivity contribution is -0.136. The maximum Gasteiger partial charge on any atom is 0.208 e. The second-order valence-corrected chi connectivity index (χ2v) is 3.82. The predicted octanol–water partition coefficient (Wildman–Crippen LogP) is -0.0214. The van der Waals surface area contributed by atoms with Crippen LogP contribution in [0.3, 0.4) is 0 Å². The normalized spacial score (nSPS) is 31.1. The fourth-order valence-electron chi connectivity index (χ4n) is 1.07. The van der Waals surface area contributed by atoms with Crippen LogP contribution in [0.1, 0.15) is 13.3 Å². The molecule has 0 heterocycles. The number of carbonyl (C=O) groups is 2. The van der Waals surface area contributed by atoms with Crippen LogP contribution in [0.15, 0.2) is 0 Å². The van der Waals surface area contributed by atoms with E-state index in [0.29, 0.717) is 5.92 Å². The first-order valence-electron chi connectivity index (χ1n) is 3.76. The van der Waals surface area contributed by atoms with Gasteiger partial charge in [0.15, 0.2) is 0 Å². The van der Waals surface area contributed by atoms with E-state index in [4.69, 9.17) is 11.6 Å². The smallest absolute Gasteiger partial charge is 0.208 e. The average Bonchev–Trinajstić information content (AvgIpc) is 2.63. The van der Waals surface area contributed by atoms with Gasteiger partial charge in [-0.2, -0.15) is 0 Å². The molecule has 1 aliphatic rings. The first kappa shape index (κ1) is 8.79. The lowest BCUT2D eigenvalue weighted by atomic mass is 9.95. The third-order valence-corrected chi connectivity index (χ3v) is 2.25. The fraction of sp³-hybridized carbons (Fsp3) is 0.714. The molecule has 4 heteroatoms. The Bertz CT molecular complexity index is 203. The Kier molecular flexibility index (Phi) is 2.38. The van der Waals surface area contributed by atoms with Gasteiger partial charge in [-0.1, -0.05) is 6.92 Å². The van der Waals surface area contributed by atoms with Crippen molar-refractivity contribution >= 4 is 31.0 Å². The molecule has 1 fully saturated rings. The van der Waals surface area contributed by atoms with E-state index in [1.54, 1.807) is 0 Å². The van der Waals surface area contributed by atoms with Gasteiger partial charge in [0.2, 0.25) is 11.6 Å². The summed E-state index contributed by atoms with van der Waals surface area (Å²) in [5, 5.41) is -0.657. The molecule has 0 amide bonds. The number of halogens is 1. The van der Waals surface area contributed by atoms with Gasteiger partial charge in [0.25, 0.3) is 0 Å². The Morgan fingerprint density at radius 2 is 2.09 bits per heavy atom. The number of alkyl halides is 1. The molecular formula is C7H10BClO2. The molecular weight excluding hydrogens is 162 g/mol. The number of Topliss-reactive ketones (excluding diaryl/α,β-unsaturated/α-hetero) is 2. The average molecular weight is 172 g/mol. The highest BCUT2D eigenvalue weighted by molar-refractivity contribution is 6.61. The fourth-order valence-corrected chi connectivity index (χ4v) is 1.17. The number of hydrogen-bond donors (Lipinski definition) is 0. The maximum atomic E-state index is 11.1. The van der Waals surface area contributed by atoms with Gasteiger partial charge in [0.1, 0.15) is 7.85 Å². The van der Waals surface area contributed by atoms with Crippen molar-refractivity contribution in [1.82, 2.24) is 0 Å². The SMILES string of the molecule is BC(Cl)C(=O)C(=O)C1CC1C. The third-order valence-electron chi connectivity index (χ3n) is 2.05. The van der Waals surface area contributed by atoms with Gasteiger partial charge in [-0.25, -0.2) is 0 Å². The quantitative estimate of drug-likeness (QED) is 0.341. The Morgan fingerprint density at radius 3 is 2.36 bits per heavy atom. The number of hydrogen-bond acceptors (Lipinski definition) is 2. The lowest BCUT2D eigenvalue weighted by Gasteiger charge is -1.98. The molecule has 0 spiro atoms. The van der Waals surface area contributed by atoms with E-state index in [1.165, 1.54) is 7.85 Å². The molecule has 0 aromatic carbocycles. The molecule has 3 atom stereocenters. The summed E-state index contributed by atoms with van der Waals surface area (Å²) in [4.78, 5) is 22.1. The van der Waals surface area contributed by atoms with E-state index >= 15 is 0 Å². The molecule has 2 nitrogen and oxygen atoms in total. The number of rotatable bonds is 3. The monoisotopic (exact) mass is 172 g/mol. The van der Waals surface area contributed by atoms with E-state index in [0.717, 1.165) is 6.42 Å². The molecule has 0 aliphatic heterocycles. The molecule has 0 saturated heterocycles. The molecule has 1 rings (SSSR count). The van der Waals surface area contributed by atoms with Crippen molar-refractivity contribution in [2.24, 2.45) is 11.8 Å². The van der Waals surface area contributed by atoms with Crippen LogP contribution in [0.2, 0.25) is 0 Å². The highest BCUT2D eigenvalue weighted by Gasteiger charge is 2.42. The Labute approximate surface area is 71.7 Å². The third kappa shape index (κ3) is 1.83. The number of ketones is 2. The molecule has 1 saturated carbocycles. The van der Waals surface area contributed by atoms with Gasteiger partial charge < -0.3 is 0 Å². The van der Waals surface area contributed by atoms with Crippen LogP contribution in [-0.4, -0.2) is 24.7 Å². The minimum Gasteiger partial charge on any atom is -0.291 e. The first-order chi connectivity index (χ1) is 5.04. The Morgan fingerprint density at radius 1 is 1.64 bits per heavy atom. The van der Waals surface area contributed by atoms with Crippen LogP contribution in [-0.2, 0) is 9.59 Å². The van der Waals surface area contributed by atoms with Gasteiger partial charge in [0.05, 0.1) is 5.28 Å². The van der Waals surface area contributed by atoms with Gasteiger partial charge in [-0.15, -0.1) is 11.6 Å². The van der Waals surface area contributed by atoms with Crippen LogP contribution in [0.25, 0.3) is 0 Å². The molecule has 0 radical (unpaired) electrons. The molecule has 0 aromatic heterocycles. The summed E-state index contributed by atoms with van der Waals surface area (Å²) in [5.74, 6) is -0.341. The van der Waals surface area contributed by atoms with E-state index in [9.17, 15) is 9.59 Å². The second-order valence-electron chi connectivity index (χ2n) is 3.16. The van der Waals surface area contributed by atoms with E-state index in [1.807, 2.05) is 6.92 Å². The van der Waals surface area contributed by atoms with Crippen LogP contribution in [0.5, 0.6) is 0 Å². The molecule has 0 aromatic rings. The molecule has 60 valence electrons. The van der Waals surface area contributed by atoms with Gasteiger partial charge in [-0.3, -0.25) is 9.59 Å². The summed E-state index contributed by atoms with van der Waals surface area (Å²) < 4.78 is 0. The molecule has 0 N–H and O–H groups in total. The zero-order chi connectivity index (χ0) is 8.59. The van der Waals surface area contributed by atoms with Gasteiger partial charge in [-0.05, 0) is 12.3 Å². The Balaban J connectivity index is 2.49. The maximum absolute atomic E-state index is 11.1. The topological polar surface area (TPSA) is 34.1 Å². The van der Waals surface area contributed by atoms with Crippen molar-refractivity contribution in [3.05, 3.63) is 0 Å². The summed E-state index contributed by atoms with van der Waals surface area (Å²) in [7, 11) is 1.54. The first-order valence-corrected chi connectivity index (χ1v) is 4.19. The minimum absolute atomic E-state index is 0.0244. The largest absolute Gasteiger partial charge is 0.291 e. The predicted molar refractivity (Wildman–Crippen MR) is 45.5 cm³/mol. The van der Waals surface area contributed by atoms with Gasteiger partial charge in [0, 0.05) is 5.92 Å². The van der Waals surface area contributed by atoms with Gasteiger partial charge >= 0.3 is 0 Å². The van der Waals surface area contributed by atoms with Crippen molar-refractivity contribution in [2.45, 2.75) is 18.6 Å². The van der Waals surface area contributed by atoms with Crippen LogP contribution in [0, 0.1) is 11.8 Å². The minimum atomic E-state index is -0.657. The standard InChI is InChI=1S/C7H10BClO2/c1-3-2-4(3)5(10)6(11)7(8)9/h3-4,7H,2,8H2,1H3. The van der Waals surface area contributed by atoms with Crippen molar-refractivity contribution in [2.75, 3.05) is 0 Å². The number of carbonyl (C=O) groups excluding carboxylic acids is 2. The van der Waals surface area contributed by atoms with Crippen molar-refractivity contribution in [3.8, 4) is 0 Å². The molecule has 3 unspecified atom stereocenters. The van der Waals surface area contributed by atoms with Crippen molar-refractivity contribution < 1.29 is 9.59 Å². The summed E-state index contributed by atoms with van der Waals surface area (Å²) in [6.07, 6.45) is 0.855. The zero-order valence-electron chi connectivity index (χ0n) is 6.63.